The number of nitrogens with zero attached hydrogens (tertiary/aromatic N) is 2. The van der Waals surface area contributed by atoms with Crippen LogP contribution in [0.3, 0.4) is 0 Å². The van der Waals surface area contributed by atoms with Crippen molar-refractivity contribution in [1.82, 2.24) is 9.97 Å². The molecule has 0 amide bonds. The molecule has 1 aromatic carbocycles. The van der Waals surface area contributed by atoms with Gasteiger partial charge in [0.05, 0.1) is 5.69 Å². The number of anilines is 3. The number of aromatic nitrogens is 2. The lowest BCUT2D eigenvalue weighted by molar-refractivity contribution is 0.631. The van der Waals surface area contributed by atoms with E-state index in [2.05, 4.69) is 31.2 Å². The molecule has 94 valence electrons. The molecule has 18 heavy (non-hydrogen) atoms. The Morgan fingerprint density at radius 2 is 2.17 bits per heavy atom. The molecule has 0 aliphatic heterocycles. The zero-order chi connectivity index (χ0) is 13.1. The van der Waals surface area contributed by atoms with Crippen LogP contribution in [0.5, 0.6) is 0 Å². The largest absolute Gasteiger partial charge is 0.383 e. The fourth-order valence-electron chi connectivity index (χ4n) is 1.34. The van der Waals surface area contributed by atoms with Crippen molar-refractivity contribution in [3.63, 3.8) is 0 Å². The lowest BCUT2D eigenvalue weighted by Crippen LogP contribution is -2.01. The maximum absolute atomic E-state index is 13.6. The van der Waals surface area contributed by atoms with Gasteiger partial charge in [-0.3, -0.25) is 0 Å². The Hall–Kier alpha value is -1.34. The Bertz CT molecular complexity index is 559. The van der Waals surface area contributed by atoms with Crippen LogP contribution in [0.4, 0.5) is 21.7 Å². The number of rotatable bonds is 3. The van der Waals surface area contributed by atoms with Crippen molar-refractivity contribution in [3.8, 4) is 0 Å². The van der Waals surface area contributed by atoms with Crippen LogP contribution >= 0.6 is 27.7 Å². The lowest BCUT2D eigenvalue weighted by Gasteiger charge is -2.10. The smallest absolute Gasteiger partial charge is 0.191 e. The Morgan fingerprint density at radius 1 is 1.39 bits per heavy atom. The molecule has 0 fully saturated rings. The number of nitrogen functional groups attached to an aromatic ring is 1. The SMILES string of the molecule is CSc1nc(N)cc(Nc2c(F)cccc2Br)n1. The van der Waals surface area contributed by atoms with Crippen LogP contribution in [0.25, 0.3) is 0 Å². The predicted octanol–water partition coefficient (Wildman–Crippen LogP) is 3.43. The number of para-hydroxylation sites is 1. The van der Waals surface area contributed by atoms with Gasteiger partial charge < -0.3 is 11.1 Å². The summed E-state index contributed by atoms with van der Waals surface area (Å²) in [6.07, 6.45) is 1.84. The van der Waals surface area contributed by atoms with E-state index < -0.39 is 0 Å². The molecule has 0 bridgehead atoms. The molecule has 7 heteroatoms. The van der Waals surface area contributed by atoms with Gasteiger partial charge in [-0.2, -0.15) is 0 Å². The summed E-state index contributed by atoms with van der Waals surface area (Å²) >= 11 is 4.64. The highest BCUT2D eigenvalue weighted by Gasteiger charge is 2.08. The van der Waals surface area contributed by atoms with Crippen molar-refractivity contribution in [2.24, 2.45) is 0 Å². The highest BCUT2D eigenvalue weighted by atomic mass is 79.9. The fourth-order valence-corrected chi connectivity index (χ4v) is 2.17. The van der Waals surface area contributed by atoms with E-state index in [-0.39, 0.29) is 5.82 Å². The van der Waals surface area contributed by atoms with Crippen LogP contribution in [-0.4, -0.2) is 16.2 Å². The van der Waals surface area contributed by atoms with Gasteiger partial charge in [-0.1, -0.05) is 17.8 Å². The molecule has 4 nitrogen and oxygen atoms in total. The van der Waals surface area contributed by atoms with E-state index in [9.17, 15) is 4.39 Å². The zero-order valence-corrected chi connectivity index (χ0v) is 11.8. The summed E-state index contributed by atoms with van der Waals surface area (Å²) in [5, 5.41) is 3.42. The van der Waals surface area contributed by atoms with Gasteiger partial charge in [0.1, 0.15) is 17.5 Å². The third kappa shape index (κ3) is 2.91. The van der Waals surface area contributed by atoms with Gasteiger partial charge in [0, 0.05) is 10.5 Å². The molecular formula is C11H10BrFN4S. The van der Waals surface area contributed by atoms with Gasteiger partial charge in [-0.05, 0) is 34.3 Å². The molecule has 1 heterocycles. The highest BCUT2D eigenvalue weighted by Crippen LogP contribution is 2.28. The second kappa shape index (κ2) is 5.53. The lowest BCUT2D eigenvalue weighted by atomic mass is 10.3. The minimum atomic E-state index is -0.368. The molecule has 2 aromatic rings. The fraction of sp³-hybridized carbons (Fsp3) is 0.0909. The van der Waals surface area contributed by atoms with Crippen molar-refractivity contribution in [3.05, 3.63) is 34.6 Å². The summed E-state index contributed by atoms with van der Waals surface area (Å²) in [5.41, 5.74) is 5.98. The summed E-state index contributed by atoms with van der Waals surface area (Å²) in [6.45, 7) is 0. The van der Waals surface area contributed by atoms with Gasteiger partial charge in [-0.15, -0.1) is 0 Å². The van der Waals surface area contributed by atoms with Gasteiger partial charge in [-0.25, -0.2) is 14.4 Å². The third-order valence-electron chi connectivity index (χ3n) is 2.12. The summed E-state index contributed by atoms with van der Waals surface area (Å²) in [6, 6.07) is 6.28. The first-order chi connectivity index (χ1) is 8.60. The van der Waals surface area contributed by atoms with Crippen molar-refractivity contribution in [2.75, 3.05) is 17.3 Å². The van der Waals surface area contributed by atoms with E-state index in [1.165, 1.54) is 17.8 Å². The van der Waals surface area contributed by atoms with E-state index in [1.54, 1.807) is 18.2 Å². The Labute approximate surface area is 116 Å². The first kappa shape index (κ1) is 13.1. The zero-order valence-electron chi connectivity index (χ0n) is 9.45. The topological polar surface area (TPSA) is 63.8 Å². The number of benzene rings is 1. The average Bonchev–Trinajstić information content (AvgIpc) is 2.33. The summed E-state index contributed by atoms with van der Waals surface area (Å²) in [5.74, 6) is 0.425. The van der Waals surface area contributed by atoms with Gasteiger partial charge in [0.25, 0.3) is 0 Å². The molecule has 0 saturated carbocycles. The molecule has 1 aromatic heterocycles. The third-order valence-corrected chi connectivity index (χ3v) is 3.33. The van der Waals surface area contributed by atoms with Crippen molar-refractivity contribution in [1.29, 1.82) is 0 Å². The van der Waals surface area contributed by atoms with Crippen LogP contribution in [0, 0.1) is 5.82 Å². The molecule has 0 saturated heterocycles. The number of hydrogen-bond acceptors (Lipinski definition) is 5. The van der Waals surface area contributed by atoms with E-state index in [0.29, 0.717) is 27.0 Å². The molecule has 0 aliphatic carbocycles. The highest BCUT2D eigenvalue weighted by molar-refractivity contribution is 9.10. The van der Waals surface area contributed by atoms with Crippen molar-refractivity contribution >= 4 is 45.0 Å². The van der Waals surface area contributed by atoms with Crippen LogP contribution in [0.2, 0.25) is 0 Å². The first-order valence-corrected chi connectivity index (χ1v) is 7.01. The van der Waals surface area contributed by atoms with Crippen LogP contribution in [0.1, 0.15) is 0 Å². The number of nitrogens with two attached hydrogens (primary N) is 1. The normalized spacial score (nSPS) is 10.4. The molecule has 2 rings (SSSR count). The summed E-state index contributed by atoms with van der Waals surface area (Å²) < 4.78 is 14.3. The summed E-state index contributed by atoms with van der Waals surface area (Å²) in [7, 11) is 0. The van der Waals surface area contributed by atoms with Crippen LogP contribution in [0.15, 0.2) is 33.9 Å². The average molecular weight is 329 g/mol. The predicted molar refractivity (Wildman–Crippen MR) is 75.6 cm³/mol. The maximum atomic E-state index is 13.6. The van der Waals surface area contributed by atoms with Crippen LogP contribution in [-0.2, 0) is 0 Å². The molecule has 0 atom stereocenters. The van der Waals surface area contributed by atoms with E-state index in [0.717, 1.165) is 0 Å². The number of hydrogen-bond donors (Lipinski definition) is 2. The number of nitrogens with one attached hydrogen (secondary N) is 1. The molecular weight excluding hydrogens is 319 g/mol. The molecule has 3 N–H and O–H groups in total. The maximum Gasteiger partial charge on any atom is 0.191 e. The number of halogens is 2. The van der Waals surface area contributed by atoms with E-state index in [1.807, 2.05) is 6.26 Å². The van der Waals surface area contributed by atoms with E-state index >= 15 is 0 Å². The van der Waals surface area contributed by atoms with Crippen molar-refractivity contribution in [2.45, 2.75) is 5.16 Å². The Balaban J connectivity index is 2.37. The van der Waals surface area contributed by atoms with Crippen LogP contribution < -0.4 is 11.1 Å². The van der Waals surface area contributed by atoms with Gasteiger partial charge in [0.2, 0.25) is 0 Å². The standard InChI is InChI=1S/C11H10BrFN4S/c1-18-11-15-8(14)5-9(17-11)16-10-6(12)3-2-4-7(10)13/h2-5H,1H3,(H3,14,15,16,17). The second-order valence-electron chi connectivity index (χ2n) is 3.39. The van der Waals surface area contributed by atoms with Gasteiger partial charge >= 0.3 is 0 Å². The van der Waals surface area contributed by atoms with E-state index in [4.69, 9.17) is 5.73 Å². The Morgan fingerprint density at radius 3 is 2.83 bits per heavy atom. The second-order valence-corrected chi connectivity index (χ2v) is 5.01. The quantitative estimate of drug-likeness (QED) is 0.667. The van der Waals surface area contributed by atoms with Gasteiger partial charge in [0.15, 0.2) is 5.16 Å². The number of thioether (sulfide) groups is 1. The summed E-state index contributed by atoms with van der Waals surface area (Å²) in [4.78, 5) is 8.23. The molecule has 0 unspecified atom stereocenters. The Kier molecular flexibility index (Phi) is 4.03. The molecule has 0 aliphatic rings. The molecule has 0 radical (unpaired) electrons. The van der Waals surface area contributed by atoms with Crippen molar-refractivity contribution < 1.29 is 4.39 Å². The monoisotopic (exact) mass is 328 g/mol. The molecule has 0 spiro atoms. The first-order valence-electron chi connectivity index (χ1n) is 4.99. The minimum absolute atomic E-state index is 0.322. The minimum Gasteiger partial charge on any atom is -0.383 e.